The maximum atomic E-state index is 13.1. The average Bonchev–Trinajstić information content (AvgIpc) is 3.19. The fourth-order valence-corrected chi connectivity index (χ4v) is 6.09. The van der Waals surface area contributed by atoms with Gasteiger partial charge in [-0.05, 0) is 50.8 Å². The molecule has 0 N–H and O–H groups in total. The maximum absolute atomic E-state index is 13.1. The van der Waals surface area contributed by atoms with E-state index < -0.39 is 22.1 Å². The molecule has 0 spiro atoms. The predicted molar refractivity (Wildman–Crippen MR) is 119 cm³/mol. The monoisotopic (exact) mass is 470 g/mol. The van der Waals surface area contributed by atoms with Gasteiger partial charge in [-0.25, -0.2) is 13.2 Å². The number of nitrogens with zero attached hydrogens (tertiary/aromatic N) is 2. The zero-order chi connectivity index (χ0) is 22.4. The summed E-state index contributed by atoms with van der Waals surface area (Å²) < 4.78 is 33.1. The summed E-state index contributed by atoms with van der Waals surface area (Å²) in [4.78, 5) is 27.0. The molecule has 1 atom stereocenters. The summed E-state index contributed by atoms with van der Waals surface area (Å²) in [7, 11) is -3.82. The van der Waals surface area contributed by atoms with E-state index in [-0.39, 0.29) is 21.4 Å². The molecule has 0 aromatic heterocycles. The number of ether oxygens (including phenoxy) is 1. The number of esters is 1. The van der Waals surface area contributed by atoms with Gasteiger partial charge in [0.25, 0.3) is 5.91 Å². The first-order valence-corrected chi connectivity index (χ1v) is 12.9. The number of hydrogen-bond donors (Lipinski definition) is 0. The molecule has 0 saturated carbocycles. The second-order valence-corrected chi connectivity index (χ2v) is 10.6. The quantitative estimate of drug-likeness (QED) is 0.610. The normalized spacial score (nSPS) is 19.9. The van der Waals surface area contributed by atoms with Gasteiger partial charge in [0.2, 0.25) is 10.0 Å². The minimum Gasteiger partial charge on any atom is -0.449 e. The van der Waals surface area contributed by atoms with Crippen LogP contribution in [-0.4, -0.2) is 61.8 Å². The number of hydrogen-bond acceptors (Lipinski definition) is 5. The second kappa shape index (κ2) is 10.8. The van der Waals surface area contributed by atoms with Gasteiger partial charge in [0, 0.05) is 26.2 Å². The highest BCUT2D eigenvalue weighted by molar-refractivity contribution is 7.89. The highest BCUT2D eigenvalue weighted by Gasteiger charge is 2.29. The van der Waals surface area contributed by atoms with Gasteiger partial charge in [-0.2, -0.15) is 4.31 Å². The van der Waals surface area contributed by atoms with Crippen LogP contribution in [0.15, 0.2) is 23.1 Å². The number of amides is 1. The number of rotatable bonds is 5. The van der Waals surface area contributed by atoms with Crippen molar-refractivity contribution in [3.63, 3.8) is 0 Å². The molecule has 2 aliphatic rings. The van der Waals surface area contributed by atoms with Crippen LogP contribution in [0, 0.1) is 0 Å². The van der Waals surface area contributed by atoms with Crippen LogP contribution >= 0.6 is 11.6 Å². The van der Waals surface area contributed by atoms with Crippen molar-refractivity contribution in [3.8, 4) is 0 Å². The molecule has 0 aliphatic carbocycles. The Hall–Kier alpha value is -1.64. The van der Waals surface area contributed by atoms with Crippen molar-refractivity contribution in [3.05, 3.63) is 28.8 Å². The van der Waals surface area contributed by atoms with E-state index in [1.54, 1.807) is 11.8 Å². The molecule has 2 fully saturated rings. The Balaban J connectivity index is 1.74. The minimum atomic E-state index is -3.82. The first kappa shape index (κ1) is 24.0. The van der Waals surface area contributed by atoms with Crippen LogP contribution in [0.5, 0.6) is 0 Å². The predicted octanol–water partition coefficient (Wildman–Crippen LogP) is 3.85. The van der Waals surface area contributed by atoms with Crippen LogP contribution in [0.2, 0.25) is 5.02 Å². The molecule has 31 heavy (non-hydrogen) atoms. The lowest BCUT2D eigenvalue weighted by Crippen LogP contribution is -2.40. The van der Waals surface area contributed by atoms with E-state index in [9.17, 15) is 18.0 Å². The minimum absolute atomic E-state index is 0.0633. The Morgan fingerprint density at radius 2 is 1.48 bits per heavy atom. The van der Waals surface area contributed by atoms with Gasteiger partial charge >= 0.3 is 5.97 Å². The molecule has 9 heteroatoms. The van der Waals surface area contributed by atoms with E-state index >= 15 is 0 Å². The van der Waals surface area contributed by atoms with E-state index in [1.807, 2.05) is 0 Å². The summed E-state index contributed by atoms with van der Waals surface area (Å²) in [6.07, 6.45) is 6.73. The van der Waals surface area contributed by atoms with Crippen LogP contribution < -0.4 is 0 Å². The number of halogens is 1. The fourth-order valence-electron chi connectivity index (χ4n) is 4.08. The lowest BCUT2D eigenvalue weighted by Gasteiger charge is -2.24. The number of benzene rings is 1. The van der Waals surface area contributed by atoms with Gasteiger partial charge in [0.1, 0.15) is 4.90 Å². The van der Waals surface area contributed by atoms with Gasteiger partial charge in [-0.3, -0.25) is 4.79 Å². The standard InChI is InChI=1S/C22H31ClN2O5S/c1-17(21(26)24-12-6-2-3-7-13-24)30-22(27)18-10-11-19(23)20(16-18)31(28,29)25-14-8-4-5-9-15-25/h10-11,16-17H,2-9,12-15H2,1H3. The van der Waals surface area contributed by atoms with Crippen LogP contribution in [-0.2, 0) is 19.6 Å². The van der Waals surface area contributed by atoms with Crippen molar-refractivity contribution in [1.29, 1.82) is 0 Å². The first-order valence-electron chi connectivity index (χ1n) is 11.1. The highest BCUT2D eigenvalue weighted by atomic mass is 35.5. The summed E-state index contributed by atoms with van der Waals surface area (Å²) in [6.45, 7) is 3.76. The average molecular weight is 471 g/mol. The van der Waals surface area contributed by atoms with E-state index in [0.29, 0.717) is 26.2 Å². The summed E-state index contributed by atoms with van der Waals surface area (Å²) >= 11 is 6.20. The van der Waals surface area contributed by atoms with Gasteiger partial charge < -0.3 is 9.64 Å². The lowest BCUT2D eigenvalue weighted by atomic mass is 10.2. The molecule has 0 bridgehead atoms. The van der Waals surface area contributed by atoms with Crippen molar-refractivity contribution < 1.29 is 22.7 Å². The third-order valence-corrected chi connectivity index (χ3v) is 8.28. The van der Waals surface area contributed by atoms with Crippen molar-refractivity contribution in [2.24, 2.45) is 0 Å². The van der Waals surface area contributed by atoms with E-state index in [0.717, 1.165) is 51.4 Å². The third kappa shape index (κ3) is 5.99. The maximum Gasteiger partial charge on any atom is 0.338 e. The largest absolute Gasteiger partial charge is 0.449 e. The third-order valence-electron chi connectivity index (χ3n) is 5.90. The van der Waals surface area contributed by atoms with Gasteiger partial charge in [-0.15, -0.1) is 0 Å². The van der Waals surface area contributed by atoms with Crippen molar-refractivity contribution in [2.75, 3.05) is 26.2 Å². The molecule has 1 aromatic rings. The Morgan fingerprint density at radius 3 is 2.06 bits per heavy atom. The molecule has 3 rings (SSSR count). The molecule has 2 heterocycles. The smallest absolute Gasteiger partial charge is 0.338 e. The Kier molecular flexibility index (Phi) is 8.36. The molecule has 2 aliphatic heterocycles. The Morgan fingerprint density at radius 1 is 0.935 bits per heavy atom. The van der Waals surface area contributed by atoms with E-state index in [2.05, 4.69) is 0 Å². The van der Waals surface area contributed by atoms with E-state index in [4.69, 9.17) is 16.3 Å². The molecule has 172 valence electrons. The number of sulfonamides is 1. The Bertz CT molecular complexity index is 889. The molecule has 2 saturated heterocycles. The van der Waals surface area contributed by atoms with Crippen LogP contribution in [0.1, 0.15) is 68.6 Å². The zero-order valence-corrected chi connectivity index (χ0v) is 19.6. The van der Waals surface area contributed by atoms with Crippen LogP contribution in [0.25, 0.3) is 0 Å². The van der Waals surface area contributed by atoms with Gasteiger partial charge in [-0.1, -0.05) is 37.3 Å². The van der Waals surface area contributed by atoms with Gasteiger partial charge in [0.15, 0.2) is 6.10 Å². The highest BCUT2D eigenvalue weighted by Crippen LogP contribution is 2.28. The lowest BCUT2D eigenvalue weighted by molar-refractivity contribution is -0.139. The SMILES string of the molecule is CC(OC(=O)c1ccc(Cl)c(S(=O)(=O)N2CCCCCC2)c1)C(=O)N1CCCCCC1. The molecular weight excluding hydrogens is 440 g/mol. The summed E-state index contributed by atoms with van der Waals surface area (Å²) in [5, 5.41) is 0.0643. The summed E-state index contributed by atoms with van der Waals surface area (Å²) in [6, 6.07) is 4.08. The first-order chi connectivity index (χ1) is 14.8. The van der Waals surface area contributed by atoms with Crippen molar-refractivity contribution in [2.45, 2.75) is 69.3 Å². The molecule has 1 aromatic carbocycles. The van der Waals surface area contributed by atoms with Crippen LogP contribution in [0.3, 0.4) is 0 Å². The number of carbonyl (C=O) groups excluding carboxylic acids is 2. The zero-order valence-electron chi connectivity index (χ0n) is 18.0. The van der Waals surface area contributed by atoms with Crippen molar-refractivity contribution >= 4 is 33.5 Å². The molecular formula is C22H31ClN2O5S. The fraction of sp³-hybridized carbons (Fsp3) is 0.636. The molecule has 7 nitrogen and oxygen atoms in total. The molecule has 0 radical (unpaired) electrons. The molecule has 1 unspecified atom stereocenters. The second-order valence-electron chi connectivity index (χ2n) is 8.25. The van der Waals surface area contributed by atoms with Crippen LogP contribution in [0.4, 0.5) is 0 Å². The van der Waals surface area contributed by atoms with Gasteiger partial charge in [0.05, 0.1) is 10.6 Å². The van der Waals surface area contributed by atoms with E-state index in [1.165, 1.54) is 22.5 Å². The van der Waals surface area contributed by atoms with Crippen molar-refractivity contribution in [1.82, 2.24) is 9.21 Å². The summed E-state index contributed by atoms with van der Waals surface area (Å²) in [5.41, 5.74) is 0.0633. The number of likely N-dealkylation sites (tertiary alicyclic amines) is 1. The number of carbonyl (C=O) groups is 2. The molecule has 1 amide bonds. The topological polar surface area (TPSA) is 84.0 Å². The Labute approximate surface area is 189 Å². The summed E-state index contributed by atoms with van der Waals surface area (Å²) in [5.74, 6) is -0.957.